The molecule has 2 N–H and O–H groups in total. The van der Waals surface area contributed by atoms with Crippen molar-refractivity contribution in [2.45, 2.75) is 38.0 Å². The van der Waals surface area contributed by atoms with Crippen molar-refractivity contribution in [3.05, 3.63) is 101 Å². The number of rotatable bonds is 4. The molecule has 0 fully saturated rings. The van der Waals surface area contributed by atoms with Gasteiger partial charge < -0.3 is 15.3 Å². The van der Waals surface area contributed by atoms with Gasteiger partial charge in [0.15, 0.2) is 0 Å². The molecule has 1 aliphatic rings. The maximum atomic E-state index is 13.8. The fourth-order valence-electron chi connectivity index (χ4n) is 4.06. The van der Waals surface area contributed by atoms with Crippen LogP contribution < -0.4 is 10.2 Å². The molecule has 1 unspecified atom stereocenters. The minimum absolute atomic E-state index is 0.0482. The third-order valence-corrected chi connectivity index (χ3v) is 5.75. The molecule has 3 aromatic rings. The van der Waals surface area contributed by atoms with E-state index in [0.717, 1.165) is 12.1 Å². The molecular weight excluding hydrogens is 470 g/mol. The zero-order chi connectivity index (χ0) is 25.6. The number of benzene rings is 3. The Labute approximate surface area is 198 Å². The second kappa shape index (κ2) is 8.64. The van der Waals surface area contributed by atoms with E-state index < -0.39 is 35.2 Å². The van der Waals surface area contributed by atoms with Gasteiger partial charge in [0, 0.05) is 17.5 Å². The van der Waals surface area contributed by atoms with Gasteiger partial charge >= 0.3 is 12.4 Å². The monoisotopic (exact) mass is 492 g/mol. The molecule has 0 aromatic heterocycles. The Morgan fingerprint density at radius 3 is 2.00 bits per heavy atom. The lowest BCUT2D eigenvalue weighted by Gasteiger charge is -2.29. The fraction of sp³-hybridized carbons (Fsp3) is 0.231. The number of nitrogens with one attached hydrogen (secondary N) is 1. The molecule has 35 heavy (non-hydrogen) atoms. The minimum Gasteiger partial charge on any atom is -0.384 e. The second-order valence-corrected chi connectivity index (χ2v) is 8.73. The maximum Gasteiger partial charge on any atom is 0.417 e. The lowest BCUT2D eigenvalue weighted by Crippen LogP contribution is -2.34. The molecule has 9 heteroatoms. The van der Waals surface area contributed by atoms with E-state index in [2.05, 4.69) is 5.32 Å². The van der Waals surface area contributed by atoms with Crippen molar-refractivity contribution >= 4 is 5.69 Å². The van der Waals surface area contributed by atoms with Gasteiger partial charge in [0.05, 0.1) is 22.4 Å². The number of nitrogens with zero attached hydrogens (tertiary/aromatic N) is 1. The Balaban J connectivity index is 1.85. The molecular formula is C26H22F6N2O. The van der Waals surface area contributed by atoms with Crippen molar-refractivity contribution in [1.29, 1.82) is 0 Å². The summed E-state index contributed by atoms with van der Waals surface area (Å²) >= 11 is 0. The van der Waals surface area contributed by atoms with E-state index in [1.807, 2.05) is 0 Å². The van der Waals surface area contributed by atoms with Gasteiger partial charge in [-0.3, -0.25) is 0 Å². The highest BCUT2D eigenvalue weighted by atomic mass is 19.4. The van der Waals surface area contributed by atoms with Crippen LogP contribution in [0, 0.1) is 0 Å². The predicted octanol–water partition coefficient (Wildman–Crippen LogP) is 7.11. The molecule has 0 spiro atoms. The van der Waals surface area contributed by atoms with Crippen LogP contribution in [0.2, 0.25) is 0 Å². The van der Waals surface area contributed by atoms with Gasteiger partial charge in [-0.15, -0.1) is 0 Å². The van der Waals surface area contributed by atoms with E-state index >= 15 is 0 Å². The van der Waals surface area contributed by atoms with Gasteiger partial charge in [-0.1, -0.05) is 48.5 Å². The largest absolute Gasteiger partial charge is 0.417 e. The van der Waals surface area contributed by atoms with Gasteiger partial charge in [0.25, 0.3) is 0 Å². The first-order valence-corrected chi connectivity index (χ1v) is 10.7. The van der Waals surface area contributed by atoms with Crippen molar-refractivity contribution in [1.82, 2.24) is 5.32 Å². The maximum absolute atomic E-state index is 13.8. The topological polar surface area (TPSA) is 35.5 Å². The first-order chi connectivity index (χ1) is 16.3. The third kappa shape index (κ3) is 5.00. The van der Waals surface area contributed by atoms with E-state index in [1.54, 1.807) is 12.1 Å². The van der Waals surface area contributed by atoms with Gasteiger partial charge in [0.1, 0.15) is 6.17 Å². The molecule has 3 aromatic carbocycles. The number of halogens is 6. The van der Waals surface area contributed by atoms with E-state index in [4.69, 9.17) is 0 Å². The van der Waals surface area contributed by atoms with Crippen molar-refractivity contribution < 1.29 is 31.4 Å². The van der Waals surface area contributed by atoms with E-state index in [9.17, 15) is 31.4 Å². The Hall–Kier alpha value is -3.46. The molecule has 3 nitrogen and oxygen atoms in total. The lowest BCUT2D eigenvalue weighted by molar-refractivity contribution is -0.138. The summed E-state index contributed by atoms with van der Waals surface area (Å²) in [5, 5.41) is 13.5. The third-order valence-electron chi connectivity index (χ3n) is 5.75. The molecule has 1 aliphatic heterocycles. The van der Waals surface area contributed by atoms with Crippen molar-refractivity contribution in [2.24, 2.45) is 0 Å². The molecule has 0 aliphatic carbocycles. The van der Waals surface area contributed by atoms with Crippen LogP contribution in [0.25, 0.3) is 11.1 Å². The SMILES string of the molecule is CC(C)(O)C1=CN(c2cccc(-c3ccccc3C(F)(F)F)c2)C(c2ccccc2C(F)(F)F)N1. The molecule has 0 bridgehead atoms. The van der Waals surface area contributed by atoms with Crippen molar-refractivity contribution in [3.8, 4) is 11.1 Å². The molecule has 184 valence electrons. The molecule has 0 saturated carbocycles. The van der Waals surface area contributed by atoms with Crippen LogP contribution in [0.5, 0.6) is 0 Å². The summed E-state index contributed by atoms with van der Waals surface area (Å²) in [6, 6.07) is 16.3. The number of anilines is 1. The van der Waals surface area contributed by atoms with E-state index in [1.165, 1.54) is 73.5 Å². The smallest absolute Gasteiger partial charge is 0.384 e. The second-order valence-electron chi connectivity index (χ2n) is 8.73. The number of aliphatic hydroxyl groups is 1. The summed E-state index contributed by atoms with van der Waals surface area (Å²) in [6.07, 6.45) is -8.78. The van der Waals surface area contributed by atoms with Crippen LogP contribution in [-0.2, 0) is 12.4 Å². The Bertz CT molecular complexity index is 1260. The number of hydrogen-bond acceptors (Lipinski definition) is 3. The van der Waals surface area contributed by atoms with E-state index in [0.29, 0.717) is 5.69 Å². The zero-order valence-corrected chi connectivity index (χ0v) is 18.7. The van der Waals surface area contributed by atoms with Crippen LogP contribution in [0.15, 0.2) is 84.7 Å². The van der Waals surface area contributed by atoms with Crippen LogP contribution in [0.4, 0.5) is 32.0 Å². The lowest BCUT2D eigenvalue weighted by atomic mass is 9.98. The first-order valence-electron chi connectivity index (χ1n) is 10.7. The quantitative estimate of drug-likeness (QED) is 0.381. The molecule has 0 saturated heterocycles. The summed E-state index contributed by atoms with van der Waals surface area (Å²) in [5.41, 5.74) is -2.34. The molecule has 1 heterocycles. The summed E-state index contributed by atoms with van der Waals surface area (Å²) in [7, 11) is 0. The predicted molar refractivity (Wildman–Crippen MR) is 121 cm³/mol. The van der Waals surface area contributed by atoms with Gasteiger partial charge in [-0.05, 0) is 49.2 Å². The normalized spacial score (nSPS) is 16.8. The fourth-order valence-corrected chi connectivity index (χ4v) is 4.06. The van der Waals surface area contributed by atoms with Crippen LogP contribution in [0.3, 0.4) is 0 Å². The average molecular weight is 492 g/mol. The van der Waals surface area contributed by atoms with Crippen LogP contribution in [0.1, 0.15) is 36.7 Å². The average Bonchev–Trinajstić information content (AvgIpc) is 3.24. The van der Waals surface area contributed by atoms with Crippen molar-refractivity contribution in [2.75, 3.05) is 4.90 Å². The van der Waals surface area contributed by atoms with Gasteiger partial charge in [-0.2, -0.15) is 26.3 Å². The number of hydrogen-bond donors (Lipinski definition) is 2. The highest BCUT2D eigenvalue weighted by molar-refractivity contribution is 5.73. The van der Waals surface area contributed by atoms with Gasteiger partial charge in [-0.25, -0.2) is 0 Å². The van der Waals surface area contributed by atoms with E-state index in [-0.39, 0.29) is 22.4 Å². The standard InChI is InChI=1S/C26H22F6N2O/c1-24(2,35)22-15-34(23(33-22)19-11-4-6-13-21(19)26(30,31)32)17-9-7-8-16(14-17)18-10-3-5-12-20(18)25(27,28)29/h3-15,23,33,35H,1-2H3. The minimum atomic E-state index is -4.63. The molecule has 0 radical (unpaired) electrons. The Morgan fingerprint density at radius 2 is 1.37 bits per heavy atom. The van der Waals surface area contributed by atoms with Gasteiger partial charge in [0.2, 0.25) is 0 Å². The summed E-state index contributed by atoms with van der Waals surface area (Å²) in [6.45, 7) is 2.97. The highest BCUT2D eigenvalue weighted by Crippen LogP contribution is 2.42. The first kappa shape index (κ1) is 24.7. The van der Waals surface area contributed by atoms with Crippen LogP contribution in [-0.4, -0.2) is 10.7 Å². The Kier molecular flexibility index (Phi) is 6.09. The summed E-state index contributed by atoms with van der Waals surface area (Å²) < 4.78 is 82.1. The molecule has 1 atom stereocenters. The van der Waals surface area contributed by atoms with Crippen molar-refractivity contribution in [3.63, 3.8) is 0 Å². The Morgan fingerprint density at radius 1 is 0.771 bits per heavy atom. The number of alkyl halides is 6. The summed E-state index contributed by atoms with van der Waals surface area (Å²) in [4.78, 5) is 1.48. The highest BCUT2D eigenvalue weighted by Gasteiger charge is 2.40. The molecule has 4 rings (SSSR count). The zero-order valence-electron chi connectivity index (χ0n) is 18.7. The molecule has 0 amide bonds. The van der Waals surface area contributed by atoms with Crippen LogP contribution >= 0.6 is 0 Å². The summed E-state index contributed by atoms with van der Waals surface area (Å²) in [5.74, 6) is 0.